The fourth-order valence-electron chi connectivity index (χ4n) is 2.65. The first-order valence-corrected chi connectivity index (χ1v) is 8.06. The normalized spacial score (nSPS) is 24.4. The van der Waals surface area contributed by atoms with Crippen molar-refractivity contribution in [1.29, 1.82) is 0 Å². The van der Waals surface area contributed by atoms with Crippen molar-refractivity contribution in [2.75, 3.05) is 18.4 Å². The summed E-state index contributed by atoms with van der Waals surface area (Å²) in [6.45, 7) is 5.57. The van der Waals surface area contributed by atoms with Crippen LogP contribution in [0.4, 0.5) is 5.13 Å². The molecule has 1 aliphatic heterocycles. The van der Waals surface area contributed by atoms with Gasteiger partial charge in [-0.15, -0.1) is 11.3 Å². The van der Waals surface area contributed by atoms with Crippen LogP contribution in [0.2, 0.25) is 0 Å². The lowest BCUT2D eigenvalue weighted by Crippen LogP contribution is -2.33. The Kier molecular flexibility index (Phi) is 3.84. The minimum atomic E-state index is 0.146. The molecule has 2 fully saturated rings. The number of aromatic nitrogens is 1. The second-order valence-corrected chi connectivity index (χ2v) is 6.75. The summed E-state index contributed by atoms with van der Waals surface area (Å²) in [5.74, 6) is 1.18. The van der Waals surface area contributed by atoms with Crippen LogP contribution in [0.25, 0.3) is 0 Å². The van der Waals surface area contributed by atoms with Gasteiger partial charge in [0.05, 0.1) is 5.69 Å². The Morgan fingerprint density at radius 1 is 1.53 bits per heavy atom. The highest BCUT2D eigenvalue weighted by molar-refractivity contribution is 7.13. The Hall–Kier alpha value is -0.940. The van der Waals surface area contributed by atoms with E-state index in [1.807, 2.05) is 0 Å². The van der Waals surface area contributed by atoms with Crippen LogP contribution < -0.4 is 5.32 Å². The number of thiazole rings is 1. The summed E-state index contributed by atoms with van der Waals surface area (Å²) in [5.41, 5.74) is 1.09. The molecule has 1 saturated heterocycles. The van der Waals surface area contributed by atoms with E-state index < -0.39 is 0 Å². The van der Waals surface area contributed by atoms with E-state index in [4.69, 9.17) is 0 Å². The summed E-state index contributed by atoms with van der Waals surface area (Å²) in [6, 6.07) is 0. The average molecular weight is 279 g/mol. The van der Waals surface area contributed by atoms with E-state index in [1.165, 1.54) is 25.9 Å². The smallest absolute Gasteiger partial charge is 0.229 e. The zero-order chi connectivity index (χ0) is 13.2. The summed E-state index contributed by atoms with van der Waals surface area (Å²) in [4.78, 5) is 18.7. The summed E-state index contributed by atoms with van der Waals surface area (Å²) in [6.07, 6.45) is 4.71. The SMILES string of the molecule is CC1CCCN(Cc2csc(NC(=O)C3CC3)n2)C1. The number of hydrogen-bond acceptors (Lipinski definition) is 4. The van der Waals surface area contributed by atoms with Gasteiger partial charge in [-0.1, -0.05) is 6.92 Å². The van der Waals surface area contributed by atoms with Crippen LogP contribution in [0.1, 0.15) is 38.3 Å². The predicted octanol–water partition coefficient (Wildman–Crippen LogP) is 2.72. The van der Waals surface area contributed by atoms with Gasteiger partial charge in [-0.2, -0.15) is 0 Å². The van der Waals surface area contributed by atoms with Gasteiger partial charge in [0.25, 0.3) is 0 Å². The molecule has 1 unspecified atom stereocenters. The molecule has 1 aromatic rings. The zero-order valence-electron chi connectivity index (χ0n) is 11.4. The topological polar surface area (TPSA) is 45.2 Å². The molecule has 19 heavy (non-hydrogen) atoms. The molecule has 2 heterocycles. The van der Waals surface area contributed by atoms with Crippen LogP contribution in [0, 0.1) is 11.8 Å². The van der Waals surface area contributed by atoms with E-state index in [-0.39, 0.29) is 11.8 Å². The van der Waals surface area contributed by atoms with Crippen molar-refractivity contribution >= 4 is 22.4 Å². The summed E-state index contributed by atoms with van der Waals surface area (Å²) in [5, 5.41) is 5.75. The lowest BCUT2D eigenvalue weighted by atomic mass is 10.0. The van der Waals surface area contributed by atoms with Crippen LogP contribution in [0.5, 0.6) is 0 Å². The molecule has 1 atom stereocenters. The molecule has 1 N–H and O–H groups in total. The van der Waals surface area contributed by atoms with Crippen LogP contribution in [-0.2, 0) is 11.3 Å². The van der Waals surface area contributed by atoms with Crippen LogP contribution >= 0.6 is 11.3 Å². The van der Waals surface area contributed by atoms with Gasteiger partial charge in [0.15, 0.2) is 5.13 Å². The zero-order valence-corrected chi connectivity index (χ0v) is 12.2. The number of piperidine rings is 1. The van der Waals surface area contributed by atoms with Crippen molar-refractivity contribution in [3.05, 3.63) is 11.1 Å². The van der Waals surface area contributed by atoms with E-state index in [0.717, 1.165) is 36.1 Å². The number of carbonyl (C=O) groups excluding carboxylic acids is 1. The molecule has 0 radical (unpaired) electrons. The van der Waals surface area contributed by atoms with E-state index in [0.29, 0.717) is 0 Å². The number of anilines is 1. The Morgan fingerprint density at radius 3 is 3.11 bits per heavy atom. The Morgan fingerprint density at radius 2 is 2.37 bits per heavy atom. The van der Waals surface area contributed by atoms with E-state index in [9.17, 15) is 4.79 Å². The van der Waals surface area contributed by atoms with Gasteiger partial charge < -0.3 is 5.32 Å². The van der Waals surface area contributed by atoms with Gasteiger partial charge >= 0.3 is 0 Å². The van der Waals surface area contributed by atoms with Gasteiger partial charge in [0.1, 0.15) is 0 Å². The second kappa shape index (κ2) is 5.59. The number of carbonyl (C=O) groups is 1. The largest absolute Gasteiger partial charge is 0.302 e. The highest BCUT2D eigenvalue weighted by Crippen LogP contribution is 2.30. The number of hydrogen-bond donors (Lipinski definition) is 1. The first kappa shape index (κ1) is 13.1. The minimum absolute atomic E-state index is 0.146. The summed E-state index contributed by atoms with van der Waals surface area (Å²) >= 11 is 1.54. The molecular weight excluding hydrogens is 258 g/mol. The molecule has 0 spiro atoms. The van der Waals surface area contributed by atoms with Gasteiger partial charge in [-0.25, -0.2) is 4.98 Å². The second-order valence-electron chi connectivity index (χ2n) is 5.89. The molecule has 3 rings (SSSR count). The first-order valence-electron chi connectivity index (χ1n) is 7.18. The maximum absolute atomic E-state index is 11.7. The molecule has 4 nitrogen and oxygen atoms in total. The fourth-order valence-corrected chi connectivity index (χ4v) is 3.35. The standard InChI is InChI=1S/C14H21N3OS/c1-10-3-2-6-17(7-10)8-12-9-19-14(15-12)16-13(18)11-4-5-11/h9-11H,2-8H2,1H3,(H,15,16,18). The van der Waals surface area contributed by atoms with Gasteiger partial charge in [-0.3, -0.25) is 9.69 Å². The van der Waals surface area contributed by atoms with Gasteiger partial charge in [0, 0.05) is 24.4 Å². The van der Waals surface area contributed by atoms with Gasteiger partial charge in [0.2, 0.25) is 5.91 Å². The maximum atomic E-state index is 11.7. The predicted molar refractivity (Wildman–Crippen MR) is 77.1 cm³/mol. The lowest BCUT2D eigenvalue weighted by molar-refractivity contribution is -0.117. The summed E-state index contributed by atoms with van der Waals surface area (Å²) < 4.78 is 0. The number of nitrogens with one attached hydrogen (secondary N) is 1. The highest BCUT2D eigenvalue weighted by Gasteiger charge is 2.30. The Labute approximate surface area is 118 Å². The molecule has 1 aliphatic carbocycles. The maximum Gasteiger partial charge on any atom is 0.229 e. The van der Waals surface area contributed by atoms with Gasteiger partial charge in [-0.05, 0) is 38.1 Å². The van der Waals surface area contributed by atoms with E-state index in [1.54, 1.807) is 11.3 Å². The van der Waals surface area contributed by atoms with E-state index in [2.05, 4.69) is 27.5 Å². The highest BCUT2D eigenvalue weighted by atomic mass is 32.1. The van der Waals surface area contributed by atoms with Crippen molar-refractivity contribution < 1.29 is 4.79 Å². The van der Waals surface area contributed by atoms with Crippen molar-refractivity contribution in [1.82, 2.24) is 9.88 Å². The van der Waals surface area contributed by atoms with Crippen LogP contribution in [0.3, 0.4) is 0 Å². The van der Waals surface area contributed by atoms with Crippen molar-refractivity contribution in [3.63, 3.8) is 0 Å². The fraction of sp³-hybridized carbons (Fsp3) is 0.714. The monoisotopic (exact) mass is 279 g/mol. The molecule has 1 saturated carbocycles. The van der Waals surface area contributed by atoms with Crippen molar-refractivity contribution in [3.8, 4) is 0 Å². The third-order valence-electron chi connectivity index (χ3n) is 3.86. The Bertz CT molecular complexity index is 455. The molecule has 104 valence electrons. The van der Waals surface area contributed by atoms with Crippen LogP contribution in [-0.4, -0.2) is 28.9 Å². The molecular formula is C14H21N3OS. The molecule has 0 bridgehead atoms. The molecule has 1 amide bonds. The number of likely N-dealkylation sites (tertiary alicyclic amines) is 1. The number of nitrogens with zero attached hydrogens (tertiary/aromatic N) is 2. The quantitative estimate of drug-likeness (QED) is 0.921. The van der Waals surface area contributed by atoms with Crippen LogP contribution in [0.15, 0.2) is 5.38 Å². The van der Waals surface area contributed by atoms with E-state index >= 15 is 0 Å². The molecule has 1 aromatic heterocycles. The first-order chi connectivity index (χ1) is 9.20. The van der Waals surface area contributed by atoms with Crippen molar-refractivity contribution in [2.24, 2.45) is 11.8 Å². The average Bonchev–Trinajstić information content (AvgIpc) is 3.13. The summed E-state index contributed by atoms with van der Waals surface area (Å²) in [7, 11) is 0. The number of rotatable bonds is 4. The third-order valence-corrected chi connectivity index (χ3v) is 4.66. The third kappa shape index (κ3) is 3.54. The molecule has 0 aromatic carbocycles. The number of amides is 1. The Balaban J connectivity index is 1.53. The molecule has 2 aliphatic rings. The minimum Gasteiger partial charge on any atom is -0.302 e. The van der Waals surface area contributed by atoms with Crippen molar-refractivity contribution in [2.45, 2.75) is 39.2 Å². The molecule has 5 heteroatoms. The lowest BCUT2D eigenvalue weighted by Gasteiger charge is -2.30.